The van der Waals surface area contributed by atoms with E-state index in [-0.39, 0.29) is 24.0 Å². The quantitative estimate of drug-likeness (QED) is 0.752. The predicted molar refractivity (Wildman–Crippen MR) is 69.4 cm³/mol. The van der Waals surface area contributed by atoms with E-state index in [0.29, 0.717) is 0 Å². The van der Waals surface area contributed by atoms with Gasteiger partial charge in [-0.15, -0.1) is 0 Å². The number of carbonyl (C=O) groups is 1. The fourth-order valence-corrected chi connectivity index (χ4v) is 2.69. The molecule has 0 N–H and O–H groups in total. The second-order valence-electron chi connectivity index (χ2n) is 5.67. The minimum atomic E-state index is 0.0489. The van der Waals surface area contributed by atoms with Gasteiger partial charge in [0.15, 0.2) is 0 Å². The zero-order chi connectivity index (χ0) is 13.0. The summed E-state index contributed by atoms with van der Waals surface area (Å²) in [6.07, 6.45) is 4.85. The Morgan fingerprint density at radius 2 is 1.61 bits per heavy atom. The molecule has 2 aliphatic rings. The Bertz CT molecular complexity index is 250. The summed E-state index contributed by atoms with van der Waals surface area (Å²) < 4.78 is 11.3. The molecule has 0 aromatic rings. The monoisotopic (exact) mass is 255 g/mol. The number of hydrogen-bond acceptors (Lipinski definition) is 3. The molecule has 2 atom stereocenters. The Balaban J connectivity index is 1.90. The lowest BCUT2D eigenvalue weighted by Gasteiger charge is -2.29. The third-order valence-corrected chi connectivity index (χ3v) is 3.70. The maximum atomic E-state index is 12.2. The molecule has 2 fully saturated rings. The summed E-state index contributed by atoms with van der Waals surface area (Å²) in [5.74, 6) is 0.272. The topological polar surface area (TPSA) is 38.8 Å². The third-order valence-electron chi connectivity index (χ3n) is 3.70. The normalized spacial score (nSPS) is 27.9. The van der Waals surface area contributed by atoms with E-state index in [1.165, 1.54) is 0 Å². The summed E-state index contributed by atoms with van der Waals surface area (Å²) in [5, 5.41) is 0. The van der Waals surface area contributed by atoms with Crippen molar-refractivity contribution in [1.29, 1.82) is 0 Å². The van der Waals surface area contributed by atoms with Gasteiger partial charge in [0.1, 0.15) is 0 Å². The van der Waals surface area contributed by atoms with Crippen LogP contribution in [0, 0.1) is 5.92 Å². The highest BCUT2D eigenvalue weighted by molar-refractivity contribution is 5.78. The first-order valence-corrected chi connectivity index (χ1v) is 7.19. The molecule has 2 aliphatic heterocycles. The molecule has 0 bridgehead atoms. The molecule has 18 heavy (non-hydrogen) atoms. The zero-order valence-corrected chi connectivity index (χ0v) is 11.6. The van der Waals surface area contributed by atoms with E-state index < -0.39 is 0 Å². The minimum Gasteiger partial charge on any atom is -0.376 e. The van der Waals surface area contributed by atoms with Crippen molar-refractivity contribution in [3.05, 3.63) is 0 Å². The van der Waals surface area contributed by atoms with Crippen LogP contribution >= 0.6 is 0 Å². The first kappa shape index (κ1) is 13.8. The van der Waals surface area contributed by atoms with Crippen LogP contribution in [0.15, 0.2) is 0 Å². The van der Waals surface area contributed by atoms with E-state index in [0.717, 1.165) is 52.0 Å². The maximum absolute atomic E-state index is 12.2. The molecule has 2 saturated heterocycles. The van der Waals surface area contributed by atoms with Gasteiger partial charge in [-0.05, 0) is 25.7 Å². The van der Waals surface area contributed by atoms with Crippen LogP contribution in [0.1, 0.15) is 39.5 Å². The third kappa shape index (κ3) is 3.69. The van der Waals surface area contributed by atoms with Gasteiger partial charge in [0.05, 0.1) is 12.2 Å². The lowest BCUT2D eigenvalue weighted by Crippen LogP contribution is -2.43. The second kappa shape index (κ2) is 6.53. The number of carbonyl (C=O) groups excluding carboxylic acids is 1. The summed E-state index contributed by atoms with van der Waals surface area (Å²) >= 11 is 0. The first-order chi connectivity index (χ1) is 8.66. The molecule has 1 amide bonds. The second-order valence-corrected chi connectivity index (χ2v) is 5.67. The molecule has 0 aromatic heterocycles. The largest absolute Gasteiger partial charge is 0.376 e. The molecule has 2 heterocycles. The van der Waals surface area contributed by atoms with Crippen LogP contribution in [0.3, 0.4) is 0 Å². The van der Waals surface area contributed by atoms with Gasteiger partial charge in [0.2, 0.25) is 5.91 Å². The van der Waals surface area contributed by atoms with E-state index in [1.54, 1.807) is 0 Å². The summed E-state index contributed by atoms with van der Waals surface area (Å²) in [7, 11) is 0. The molecular formula is C14H25NO3. The van der Waals surface area contributed by atoms with Crippen molar-refractivity contribution < 1.29 is 14.3 Å². The van der Waals surface area contributed by atoms with E-state index in [1.807, 2.05) is 18.7 Å². The Labute approximate surface area is 110 Å². The van der Waals surface area contributed by atoms with Crippen LogP contribution in [-0.2, 0) is 14.3 Å². The highest BCUT2D eigenvalue weighted by Crippen LogP contribution is 2.18. The highest BCUT2D eigenvalue weighted by atomic mass is 16.5. The number of ether oxygens (including phenoxy) is 2. The fraction of sp³-hybridized carbons (Fsp3) is 0.929. The van der Waals surface area contributed by atoms with Gasteiger partial charge >= 0.3 is 0 Å². The summed E-state index contributed by atoms with van der Waals surface area (Å²) in [6, 6.07) is 0. The number of rotatable bonds is 5. The van der Waals surface area contributed by atoms with Crippen LogP contribution in [0.25, 0.3) is 0 Å². The van der Waals surface area contributed by atoms with Gasteiger partial charge in [0.25, 0.3) is 0 Å². The molecule has 0 saturated carbocycles. The van der Waals surface area contributed by atoms with Crippen LogP contribution in [-0.4, -0.2) is 49.3 Å². The zero-order valence-electron chi connectivity index (χ0n) is 11.6. The molecule has 0 radical (unpaired) electrons. The van der Waals surface area contributed by atoms with Crippen LogP contribution in [0.4, 0.5) is 0 Å². The molecule has 2 unspecified atom stereocenters. The average Bonchev–Trinajstić information content (AvgIpc) is 2.99. The molecule has 4 heteroatoms. The van der Waals surface area contributed by atoms with Crippen molar-refractivity contribution in [2.75, 3.05) is 26.3 Å². The standard InChI is InChI=1S/C14H25NO3/c1-11(2)14(16)15(9-12-5-3-7-17-12)10-13-6-4-8-18-13/h11-13H,3-10H2,1-2H3. The van der Waals surface area contributed by atoms with E-state index in [9.17, 15) is 4.79 Å². The van der Waals surface area contributed by atoms with Crippen molar-refractivity contribution >= 4 is 5.91 Å². The molecule has 104 valence electrons. The highest BCUT2D eigenvalue weighted by Gasteiger charge is 2.27. The molecule has 0 aromatic carbocycles. The Hall–Kier alpha value is -0.610. The summed E-state index contributed by atoms with van der Waals surface area (Å²) in [6.45, 7) is 7.07. The Morgan fingerprint density at radius 3 is 1.94 bits per heavy atom. The van der Waals surface area contributed by atoms with Crippen molar-refractivity contribution in [3.8, 4) is 0 Å². The Kier molecular flexibility index (Phi) is 5.01. The number of hydrogen-bond donors (Lipinski definition) is 0. The van der Waals surface area contributed by atoms with Crippen LogP contribution in [0.2, 0.25) is 0 Å². The average molecular weight is 255 g/mol. The van der Waals surface area contributed by atoms with Crippen molar-refractivity contribution in [3.63, 3.8) is 0 Å². The number of nitrogens with zero attached hydrogens (tertiary/aromatic N) is 1. The maximum Gasteiger partial charge on any atom is 0.225 e. The van der Waals surface area contributed by atoms with E-state index in [4.69, 9.17) is 9.47 Å². The smallest absolute Gasteiger partial charge is 0.225 e. The van der Waals surface area contributed by atoms with Gasteiger partial charge in [0, 0.05) is 32.2 Å². The van der Waals surface area contributed by atoms with E-state index >= 15 is 0 Å². The Morgan fingerprint density at radius 1 is 1.11 bits per heavy atom. The fourth-order valence-electron chi connectivity index (χ4n) is 2.69. The van der Waals surface area contributed by atoms with Gasteiger partial charge in [-0.3, -0.25) is 4.79 Å². The van der Waals surface area contributed by atoms with Crippen molar-refractivity contribution in [2.24, 2.45) is 5.92 Å². The number of amides is 1. The van der Waals surface area contributed by atoms with Crippen LogP contribution in [0.5, 0.6) is 0 Å². The van der Waals surface area contributed by atoms with Crippen LogP contribution < -0.4 is 0 Å². The molecule has 4 nitrogen and oxygen atoms in total. The molecule has 2 rings (SSSR count). The lowest BCUT2D eigenvalue weighted by molar-refractivity contribution is -0.137. The first-order valence-electron chi connectivity index (χ1n) is 7.19. The summed E-state index contributed by atoms with van der Waals surface area (Å²) in [5.41, 5.74) is 0. The lowest BCUT2D eigenvalue weighted by atomic mass is 10.1. The molecule has 0 spiro atoms. The van der Waals surface area contributed by atoms with Crippen molar-refractivity contribution in [2.45, 2.75) is 51.7 Å². The SMILES string of the molecule is CC(C)C(=O)N(CC1CCCO1)CC1CCCO1. The van der Waals surface area contributed by atoms with Crippen molar-refractivity contribution in [1.82, 2.24) is 4.90 Å². The predicted octanol–water partition coefficient (Wildman–Crippen LogP) is 1.83. The van der Waals surface area contributed by atoms with Gasteiger partial charge in [-0.1, -0.05) is 13.8 Å². The van der Waals surface area contributed by atoms with Gasteiger partial charge in [-0.25, -0.2) is 0 Å². The van der Waals surface area contributed by atoms with Gasteiger partial charge in [-0.2, -0.15) is 0 Å². The van der Waals surface area contributed by atoms with Gasteiger partial charge < -0.3 is 14.4 Å². The minimum absolute atomic E-state index is 0.0489. The molecular weight excluding hydrogens is 230 g/mol. The van der Waals surface area contributed by atoms with E-state index in [2.05, 4.69) is 0 Å². The summed E-state index contributed by atoms with van der Waals surface area (Å²) in [4.78, 5) is 14.2. The molecule has 0 aliphatic carbocycles.